The monoisotopic (exact) mass is 322 g/mol. The van der Waals surface area contributed by atoms with E-state index in [1.807, 2.05) is 0 Å². The molecule has 0 aromatic rings. The Balaban J connectivity index is 1.93. The zero-order valence-electron chi connectivity index (χ0n) is 9.97. The molecule has 0 aromatic heterocycles. The lowest BCUT2D eigenvalue weighted by molar-refractivity contribution is -0.106. The highest BCUT2D eigenvalue weighted by atomic mass is 127. The summed E-state index contributed by atoms with van der Waals surface area (Å²) in [4.78, 5) is 0. The van der Waals surface area contributed by atoms with Crippen LogP contribution in [0.4, 0.5) is 0 Å². The Labute approximate surface area is 107 Å². The van der Waals surface area contributed by atoms with Gasteiger partial charge in [-0.05, 0) is 44.4 Å². The highest BCUT2D eigenvalue weighted by molar-refractivity contribution is 14.1. The van der Waals surface area contributed by atoms with E-state index < -0.39 is 0 Å². The number of halogens is 1. The van der Waals surface area contributed by atoms with Crippen molar-refractivity contribution in [1.29, 1.82) is 0 Å². The molecule has 2 saturated carbocycles. The molecular formula is C13H23IO. The first-order valence-electron chi connectivity index (χ1n) is 6.39. The van der Waals surface area contributed by atoms with Gasteiger partial charge in [0, 0.05) is 4.43 Å². The summed E-state index contributed by atoms with van der Waals surface area (Å²) < 4.78 is 7.59. The van der Waals surface area contributed by atoms with Gasteiger partial charge in [0.2, 0.25) is 0 Å². The predicted molar refractivity (Wildman–Crippen MR) is 72.5 cm³/mol. The summed E-state index contributed by atoms with van der Waals surface area (Å²) in [6, 6.07) is 0. The molecule has 0 N–H and O–H groups in total. The summed E-state index contributed by atoms with van der Waals surface area (Å²) in [6.45, 7) is 4.66. The van der Waals surface area contributed by atoms with Crippen molar-refractivity contribution >= 4 is 22.6 Å². The molecule has 0 spiro atoms. The summed E-state index contributed by atoms with van der Waals surface area (Å²) in [5.74, 6) is 1.74. The lowest BCUT2D eigenvalue weighted by atomic mass is 9.80. The topological polar surface area (TPSA) is 9.23 Å². The molecule has 0 amide bonds. The minimum atomic E-state index is 0.222. The molecule has 15 heavy (non-hydrogen) atoms. The van der Waals surface area contributed by atoms with E-state index in [1.165, 1.54) is 43.0 Å². The number of alkyl halides is 1. The van der Waals surface area contributed by atoms with Crippen LogP contribution in [-0.4, -0.2) is 16.1 Å². The molecule has 0 radical (unpaired) electrons. The van der Waals surface area contributed by atoms with Crippen LogP contribution in [0.25, 0.3) is 0 Å². The second kappa shape index (κ2) is 4.91. The van der Waals surface area contributed by atoms with Crippen LogP contribution in [0.2, 0.25) is 0 Å². The quantitative estimate of drug-likeness (QED) is 0.557. The zero-order chi connectivity index (χ0) is 10.9. The lowest BCUT2D eigenvalue weighted by Crippen LogP contribution is -2.42. The second-order valence-electron chi connectivity index (χ2n) is 5.68. The maximum atomic E-state index is 6.41. The Morgan fingerprint density at radius 2 is 2.13 bits per heavy atom. The predicted octanol–water partition coefficient (Wildman–Crippen LogP) is 4.19. The molecule has 0 bridgehead atoms. The molecule has 2 aliphatic rings. The van der Waals surface area contributed by atoms with Gasteiger partial charge < -0.3 is 4.74 Å². The Kier molecular flexibility index (Phi) is 3.98. The molecule has 1 nitrogen and oxygen atoms in total. The molecule has 2 heteroatoms. The molecule has 0 saturated heterocycles. The fourth-order valence-electron chi connectivity index (χ4n) is 2.93. The first-order valence-corrected chi connectivity index (χ1v) is 7.91. The van der Waals surface area contributed by atoms with E-state index >= 15 is 0 Å². The van der Waals surface area contributed by atoms with E-state index in [4.69, 9.17) is 4.74 Å². The van der Waals surface area contributed by atoms with Crippen molar-refractivity contribution in [3.05, 3.63) is 0 Å². The highest BCUT2D eigenvalue weighted by Crippen LogP contribution is 2.42. The lowest BCUT2D eigenvalue weighted by Gasteiger charge is -2.40. The first kappa shape index (κ1) is 12.2. The van der Waals surface area contributed by atoms with Crippen molar-refractivity contribution in [2.45, 2.75) is 64.1 Å². The number of rotatable bonds is 4. The van der Waals surface area contributed by atoms with Gasteiger partial charge in [-0.15, -0.1) is 0 Å². The van der Waals surface area contributed by atoms with Gasteiger partial charge in [0.25, 0.3) is 0 Å². The fraction of sp³-hybridized carbons (Fsp3) is 1.00. The molecule has 2 rings (SSSR count). The molecule has 3 unspecified atom stereocenters. The maximum absolute atomic E-state index is 6.41. The van der Waals surface area contributed by atoms with Crippen molar-refractivity contribution in [3.63, 3.8) is 0 Å². The van der Waals surface area contributed by atoms with E-state index in [2.05, 4.69) is 36.4 Å². The minimum Gasteiger partial charge on any atom is -0.371 e. The van der Waals surface area contributed by atoms with Gasteiger partial charge in [-0.3, -0.25) is 0 Å². The van der Waals surface area contributed by atoms with Crippen molar-refractivity contribution in [2.24, 2.45) is 11.8 Å². The third-order valence-corrected chi connectivity index (χ3v) is 5.41. The number of ether oxygens (including phenoxy) is 1. The summed E-state index contributed by atoms with van der Waals surface area (Å²) >= 11 is 2.52. The van der Waals surface area contributed by atoms with Crippen LogP contribution in [0.5, 0.6) is 0 Å². The standard InChI is InChI=1S/C13H23IO/c1-10-4-3-7-13(8-10,9-14)15-11(2)12-5-6-12/h10-12H,3-9H2,1-2H3. The fourth-order valence-corrected chi connectivity index (χ4v) is 3.80. The van der Waals surface area contributed by atoms with Crippen LogP contribution in [0.15, 0.2) is 0 Å². The molecular weight excluding hydrogens is 299 g/mol. The van der Waals surface area contributed by atoms with Crippen LogP contribution in [-0.2, 0) is 4.74 Å². The maximum Gasteiger partial charge on any atom is 0.0777 e. The number of hydrogen-bond acceptors (Lipinski definition) is 1. The number of hydrogen-bond donors (Lipinski definition) is 0. The molecule has 3 atom stereocenters. The second-order valence-corrected chi connectivity index (χ2v) is 6.44. The summed E-state index contributed by atoms with van der Waals surface area (Å²) in [6.07, 6.45) is 8.64. The summed E-state index contributed by atoms with van der Waals surface area (Å²) in [5, 5.41) is 0. The average Bonchev–Trinajstić information content (AvgIpc) is 3.00. The third kappa shape index (κ3) is 3.09. The van der Waals surface area contributed by atoms with Crippen molar-refractivity contribution < 1.29 is 4.74 Å². The SMILES string of the molecule is CC1CCCC(CI)(OC(C)C2CC2)C1. The van der Waals surface area contributed by atoms with Crippen molar-refractivity contribution in [3.8, 4) is 0 Å². The van der Waals surface area contributed by atoms with Crippen molar-refractivity contribution in [2.75, 3.05) is 4.43 Å². The molecule has 0 heterocycles. The van der Waals surface area contributed by atoms with Gasteiger partial charge >= 0.3 is 0 Å². The van der Waals surface area contributed by atoms with E-state index in [-0.39, 0.29) is 5.60 Å². The van der Waals surface area contributed by atoms with E-state index in [0.29, 0.717) is 6.10 Å². The Hall–Kier alpha value is 0.690. The smallest absolute Gasteiger partial charge is 0.0777 e. The zero-order valence-corrected chi connectivity index (χ0v) is 12.1. The first-order chi connectivity index (χ1) is 7.15. The van der Waals surface area contributed by atoms with Gasteiger partial charge in [0.1, 0.15) is 0 Å². The van der Waals surface area contributed by atoms with Crippen LogP contribution < -0.4 is 0 Å². The van der Waals surface area contributed by atoms with Gasteiger partial charge in [-0.25, -0.2) is 0 Å². The normalized spacial score (nSPS) is 39.0. The molecule has 2 aliphatic carbocycles. The highest BCUT2D eigenvalue weighted by Gasteiger charge is 2.39. The largest absolute Gasteiger partial charge is 0.371 e. The van der Waals surface area contributed by atoms with Crippen LogP contribution in [0, 0.1) is 11.8 Å². The van der Waals surface area contributed by atoms with E-state index in [0.717, 1.165) is 11.8 Å². The van der Waals surface area contributed by atoms with Gasteiger partial charge in [-0.2, -0.15) is 0 Å². The summed E-state index contributed by atoms with van der Waals surface area (Å²) in [5.41, 5.74) is 0.222. The van der Waals surface area contributed by atoms with Gasteiger partial charge in [0.05, 0.1) is 11.7 Å². The minimum absolute atomic E-state index is 0.222. The van der Waals surface area contributed by atoms with E-state index in [9.17, 15) is 0 Å². The van der Waals surface area contributed by atoms with Crippen molar-refractivity contribution in [1.82, 2.24) is 0 Å². The van der Waals surface area contributed by atoms with Crippen LogP contribution in [0.3, 0.4) is 0 Å². The molecule has 0 aliphatic heterocycles. The molecule has 88 valence electrons. The van der Waals surface area contributed by atoms with Gasteiger partial charge in [-0.1, -0.05) is 42.4 Å². The summed E-state index contributed by atoms with van der Waals surface area (Å²) in [7, 11) is 0. The Bertz CT molecular complexity index is 215. The Morgan fingerprint density at radius 1 is 1.40 bits per heavy atom. The van der Waals surface area contributed by atoms with E-state index in [1.54, 1.807) is 0 Å². The van der Waals surface area contributed by atoms with Crippen LogP contribution in [0.1, 0.15) is 52.4 Å². The molecule has 2 fully saturated rings. The average molecular weight is 322 g/mol. The van der Waals surface area contributed by atoms with Crippen LogP contribution >= 0.6 is 22.6 Å². The molecule has 0 aromatic carbocycles. The van der Waals surface area contributed by atoms with Gasteiger partial charge in [0.15, 0.2) is 0 Å². The Morgan fingerprint density at radius 3 is 2.67 bits per heavy atom. The third-order valence-electron chi connectivity index (χ3n) is 4.02.